The molecule has 0 bridgehead atoms. The highest BCUT2D eigenvalue weighted by Crippen LogP contribution is 2.49. The fraction of sp³-hybridized carbons (Fsp3) is 0.273. The Bertz CT molecular complexity index is 1390. The molecule has 0 saturated carbocycles. The average molecular weight is 586 g/mol. The third kappa shape index (κ3) is 6.04. The van der Waals surface area contributed by atoms with Gasteiger partial charge in [-0.1, -0.05) is 66.3 Å². The molecule has 40 heavy (non-hydrogen) atoms. The molecule has 1 fully saturated rings. The molecule has 3 aliphatic heterocycles. The van der Waals surface area contributed by atoms with Crippen LogP contribution in [0.3, 0.4) is 0 Å². The second-order valence-electron chi connectivity index (χ2n) is 10.4. The molecule has 2 atom stereocenters. The SMILES string of the molecule is CN1CCCCC1CCN1c2ccccc2Sc2ccc([S+](C)[O-])cc21.c1ccc2c(c1)Nc1ccccc1S2. The van der Waals surface area contributed by atoms with Crippen LogP contribution in [0.4, 0.5) is 22.7 Å². The van der Waals surface area contributed by atoms with Gasteiger partial charge in [0.2, 0.25) is 0 Å². The molecule has 7 heteroatoms. The maximum Gasteiger partial charge on any atom is 0.154 e. The van der Waals surface area contributed by atoms with E-state index in [1.165, 1.54) is 68.1 Å². The van der Waals surface area contributed by atoms with Crippen LogP contribution in [0.5, 0.6) is 0 Å². The molecule has 1 saturated heterocycles. The molecular weight excluding hydrogens is 551 g/mol. The van der Waals surface area contributed by atoms with Gasteiger partial charge in [-0.15, -0.1) is 0 Å². The smallest absolute Gasteiger partial charge is 0.154 e. The van der Waals surface area contributed by atoms with Crippen molar-refractivity contribution >= 4 is 57.4 Å². The summed E-state index contributed by atoms with van der Waals surface area (Å²) >= 11 is 2.68. The number of rotatable bonds is 4. The van der Waals surface area contributed by atoms with E-state index in [4.69, 9.17) is 0 Å². The number of fused-ring (bicyclic) bond motifs is 4. The summed E-state index contributed by atoms with van der Waals surface area (Å²) in [6.07, 6.45) is 6.88. The van der Waals surface area contributed by atoms with E-state index >= 15 is 0 Å². The minimum atomic E-state index is -0.958. The molecule has 4 aromatic carbocycles. The Morgan fingerprint density at radius 3 is 2.12 bits per heavy atom. The van der Waals surface area contributed by atoms with Crippen molar-refractivity contribution in [2.45, 2.75) is 56.2 Å². The molecule has 2 unspecified atom stereocenters. The van der Waals surface area contributed by atoms with Gasteiger partial charge in [0.15, 0.2) is 4.90 Å². The van der Waals surface area contributed by atoms with Gasteiger partial charge in [-0.3, -0.25) is 0 Å². The first-order chi connectivity index (χ1) is 19.6. The van der Waals surface area contributed by atoms with Crippen molar-refractivity contribution in [3.05, 3.63) is 91.0 Å². The molecule has 4 nitrogen and oxygen atoms in total. The number of likely N-dealkylation sites (tertiary alicyclic amines) is 1. The van der Waals surface area contributed by atoms with Crippen LogP contribution in [0.15, 0.2) is 115 Å². The maximum atomic E-state index is 12.0. The van der Waals surface area contributed by atoms with Gasteiger partial charge in [-0.2, -0.15) is 0 Å². The van der Waals surface area contributed by atoms with E-state index in [0.717, 1.165) is 17.9 Å². The fourth-order valence-corrected chi connectivity index (χ4v) is 8.20. The first kappa shape index (κ1) is 27.6. The molecule has 206 valence electrons. The van der Waals surface area contributed by atoms with Crippen LogP contribution in [0.2, 0.25) is 0 Å². The Balaban J connectivity index is 0.000000173. The zero-order valence-corrected chi connectivity index (χ0v) is 25.5. The quantitative estimate of drug-likeness (QED) is 0.213. The predicted molar refractivity (Wildman–Crippen MR) is 172 cm³/mol. The van der Waals surface area contributed by atoms with Crippen molar-refractivity contribution in [2.24, 2.45) is 0 Å². The van der Waals surface area contributed by atoms with E-state index in [9.17, 15) is 4.55 Å². The fourth-order valence-electron chi connectivity index (χ4n) is 5.60. The van der Waals surface area contributed by atoms with Crippen molar-refractivity contribution in [1.29, 1.82) is 0 Å². The zero-order chi connectivity index (χ0) is 27.5. The topological polar surface area (TPSA) is 41.6 Å². The van der Waals surface area contributed by atoms with E-state index in [1.54, 1.807) is 6.26 Å². The van der Waals surface area contributed by atoms with Crippen molar-refractivity contribution in [1.82, 2.24) is 4.90 Å². The van der Waals surface area contributed by atoms with Crippen LogP contribution in [0, 0.1) is 0 Å². The minimum Gasteiger partial charge on any atom is -0.612 e. The van der Waals surface area contributed by atoms with Gasteiger partial charge < -0.3 is 19.7 Å². The Labute approximate surface area is 249 Å². The monoisotopic (exact) mass is 585 g/mol. The van der Waals surface area contributed by atoms with E-state index in [1.807, 2.05) is 29.6 Å². The number of anilines is 4. The van der Waals surface area contributed by atoms with Crippen molar-refractivity contribution < 1.29 is 4.55 Å². The third-order valence-electron chi connectivity index (χ3n) is 7.80. The summed E-state index contributed by atoms with van der Waals surface area (Å²) < 4.78 is 12.0. The normalized spacial score (nSPS) is 18.2. The van der Waals surface area contributed by atoms with Gasteiger partial charge in [0, 0.05) is 38.2 Å². The minimum absolute atomic E-state index is 0.664. The standard InChI is InChI=1S/C21H26N2OS2.C12H9NS/c1-22-13-6-5-7-16(22)12-14-23-18-8-3-4-9-20(18)25-21-11-10-17(26(2)24)15-19(21)23;1-3-7-11-9(5-1)13-10-6-2-4-8-12(10)14-11/h3-4,8-11,15-16H,5-7,12-14H2,1-2H3;1-8,13H. The number of benzene rings is 4. The lowest BCUT2D eigenvalue weighted by Crippen LogP contribution is -2.38. The first-order valence-electron chi connectivity index (χ1n) is 13.9. The largest absolute Gasteiger partial charge is 0.612 e. The van der Waals surface area contributed by atoms with Gasteiger partial charge in [0.1, 0.15) is 6.26 Å². The third-order valence-corrected chi connectivity index (χ3v) is 11.0. The van der Waals surface area contributed by atoms with Crippen LogP contribution in [-0.2, 0) is 11.2 Å². The lowest BCUT2D eigenvalue weighted by atomic mass is 9.99. The number of nitrogens with zero attached hydrogens (tertiary/aromatic N) is 2. The molecule has 0 aromatic heterocycles. The van der Waals surface area contributed by atoms with Crippen molar-refractivity contribution in [3.63, 3.8) is 0 Å². The summed E-state index contributed by atoms with van der Waals surface area (Å²) in [6.45, 7) is 2.21. The number of piperidine rings is 1. The first-order valence-corrected chi connectivity index (χ1v) is 17.1. The molecule has 1 N–H and O–H groups in total. The highest BCUT2D eigenvalue weighted by atomic mass is 32.2. The average Bonchev–Trinajstić information content (AvgIpc) is 2.99. The van der Waals surface area contributed by atoms with E-state index in [2.05, 4.69) is 107 Å². The van der Waals surface area contributed by atoms with Gasteiger partial charge >= 0.3 is 0 Å². The summed E-state index contributed by atoms with van der Waals surface area (Å²) in [5.74, 6) is 0. The molecule has 7 rings (SSSR count). The van der Waals surface area contributed by atoms with Gasteiger partial charge in [0.05, 0.1) is 22.7 Å². The Morgan fingerprint density at radius 2 is 1.43 bits per heavy atom. The lowest BCUT2D eigenvalue weighted by Gasteiger charge is -2.37. The van der Waals surface area contributed by atoms with Crippen LogP contribution >= 0.6 is 23.5 Å². The number of nitrogens with one attached hydrogen (secondary N) is 1. The molecular formula is C33H35N3OS3. The van der Waals surface area contributed by atoms with Crippen LogP contribution in [0.1, 0.15) is 25.7 Å². The predicted octanol–water partition coefficient (Wildman–Crippen LogP) is 8.80. The molecule has 0 radical (unpaired) electrons. The molecule has 0 spiro atoms. The van der Waals surface area contributed by atoms with Gasteiger partial charge in [-0.05, 0) is 92.6 Å². The summed E-state index contributed by atoms with van der Waals surface area (Å²) in [5.41, 5.74) is 4.90. The van der Waals surface area contributed by atoms with Crippen LogP contribution < -0.4 is 10.2 Å². The summed E-state index contributed by atoms with van der Waals surface area (Å²) in [6, 6.07) is 32.3. The summed E-state index contributed by atoms with van der Waals surface area (Å²) in [7, 11) is 2.26. The molecule has 4 aromatic rings. The van der Waals surface area contributed by atoms with E-state index < -0.39 is 11.2 Å². The highest BCUT2D eigenvalue weighted by molar-refractivity contribution is 8.00. The second kappa shape index (κ2) is 12.5. The molecule has 0 aliphatic carbocycles. The maximum absolute atomic E-state index is 12.0. The van der Waals surface area contributed by atoms with Gasteiger partial charge in [-0.25, -0.2) is 0 Å². The van der Waals surface area contributed by atoms with Crippen LogP contribution in [0.25, 0.3) is 0 Å². The Hall–Kier alpha value is -2.55. The Morgan fingerprint density at radius 1 is 0.800 bits per heavy atom. The molecule has 3 heterocycles. The van der Waals surface area contributed by atoms with Crippen molar-refractivity contribution in [2.75, 3.05) is 36.6 Å². The number of hydrogen-bond donors (Lipinski definition) is 1. The summed E-state index contributed by atoms with van der Waals surface area (Å²) in [5, 5.41) is 3.42. The Kier molecular flexibility index (Phi) is 8.65. The number of para-hydroxylation sites is 3. The van der Waals surface area contributed by atoms with Gasteiger partial charge in [0.25, 0.3) is 0 Å². The highest BCUT2D eigenvalue weighted by Gasteiger charge is 2.27. The van der Waals surface area contributed by atoms with Crippen molar-refractivity contribution in [3.8, 4) is 0 Å². The van der Waals surface area contributed by atoms with Crippen LogP contribution in [-0.4, -0.2) is 41.9 Å². The number of hydrogen-bond acceptors (Lipinski definition) is 6. The lowest BCUT2D eigenvalue weighted by molar-refractivity contribution is 0.178. The molecule has 0 amide bonds. The van der Waals surface area contributed by atoms with E-state index in [0.29, 0.717) is 6.04 Å². The summed E-state index contributed by atoms with van der Waals surface area (Å²) in [4.78, 5) is 11.0. The zero-order valence-electron chi connectivity index (χ0n) is 23.0. The molecule has 3 aliphatic rings. The second-order valence-corrected chi connectivity index (χ2v) is 14.0. The van der Waals surface area contributed by atoms with E-state index in [-0.39, 0.29) is 0 Å².